The zero-order valence-corrected chi connectivity index (χ0v) is 10.8. The molecule has 1 heterocycles. The SMILES string of the molecule is CC1CCCCC1Nc1nnccc1C(N)=S. The van der Waals surface area contributed by atoms with Crippen LogP contribution in [0.5, 0.6) is 0 Å². The highest BCUT2D eigenvalue weighted by Gasteiger charge is 2.22. The van der Waals surface area contributed by atoms with Gasteiger partial charge in [0.2, 0.25) is 0 Å². The maximum atomic E-state index is 5.68. The highest BCUT2D eigenvalue weighted by molar-refractivity contribution is 7.80. The minimum atomic E-state index is 0.367. The largest absolute Gasteiger partial charge is 0.389 e. The average Bonchev–Trinajstić information content (AvgIpc) is 2.32. The number of aromatic nitrogens is 2. The molecule has 92 valence electrons. The fourth-order valence-electron chi connectivity index (χ4n) is 2.34. The lowest BCUT2D eigenvalue weighted by atomic mass is 9.86. The molecule has 1 fully saturated rings. The summed E-state index contributed by atoms with van der Waals surface area (Å²) in [4.78, 5) is 0.367. The standard InChI is InChI=1S/C12H18N4S/c1-8-4-2-3-5-10(8)15-12-9(11(13)17)6-7-14-16-12/h6-8,10H,2-5H2,1H3,(H2,13,17)(H,15,16). The number of anilines is 1. The summed E-state index contributed by atoms with van der Waals surface area (Å²) in [6.07, 6.45) is 6.64. The summed E-state index contributed by atoms with van der Waals surface area (Å²) in [5.74, 6) is 1.38. The van der Waals surface area contributed by atoms with Gasteiger partial charge >= 0.3 is 0 Å². The van der Waals surface area contributed by atoms with Crippen LogP contribution in [0.1, 0.15) is 38.2 Å². The quantitative estimate of drug-likeness (QED) is 0.804. The molecule has 17 heavy (non-hydrogen) atoms. The minimum absolute atomic E-state index is 0.367. The Morgan fingerprint density at radius 2 is 2.24 bits per heavy atom. The van der Waals surface area contributed by atoms with Crippen LogP contribution in [0.25, 0.3) is 0 Å². The first kappa shape index (κ1) is 12.2. The van der Waals surface area contributed by atoms with Crippen LogP contribution < -0.4 is 11.1 Å². The molecule has 3 N–H and O–H groups in total. The topological polar surface area (TPSA) is 63.8 Å². The zero-order valence-electron chi connectivity index (χ0n) is 10.0. The highest BCUT2D eigenvalue weighted by atomic mass is 32.1. The summed E-state index contributed by atoms with van der Waals surface area (Å²) >= 11 is 5.02. The lowest BCUT2D eigenvalue weighted by molar-refractivity contribution is 0.349. The maximum absolute atomic E-state index is 5.68. The number of hydrogen-bond acceptors (Lipinski definition) is 4. The van der Waals surface area contributed by atoms with Crippen LogP contribution in [0.3, 0.4) is 0 Å². The van der Waals surface area contributed by atoms with E-state index in [0.717, 1.165) is 11.4 Å². The molecule has 2 atom stereocenters. The van der Waals surface area contributed by atoms with E-state index in [-0.39, 0.29) is 0 Å². The van der Waals surface area contributed by atoms with Gasteiger partial charge in [-0.3, -0.25) is 0 Å². The Morgan fingerprint density at radius 1 is 1.47 bits per heavy atom. The molecular weight excluding hydrogens is 232 g/mol. The van der Waals surface area contributed by atoms with Gasteiger partial charge in [-0.2, -0.15) is 5.10 Å². The van der Waals surface area contributed by atoms with Gasteiger partial charge in [0.15, 0.2) is 5.82 Å². The van der Waals surface area contributed by atoms with Gasteiger partial charge in [-0.15, -0.1) is 5.10 Å². The lowest BCUT2D eigenvalue weighted by Gasteiger charge is -2.30. The second-order valence-electron chi connectivity index (χ2n) is 4.67. The van der Waals surface area contributed by atoms with E-state index in [2.05, 4.69) is 22.4 Å². The van der Waals surface area contributed by atoms with Crippen molar-refractivity contribution in [3.63, 3.8) is 0 Å². The average molecular weight is 250 g/mol. The van der Waals surface area contributed by atoms with E-state index in [9.17, 15) is 0 Å². The minimum Gasteiger partial charge on any atom is -0.389 e. The summed E-state index contributed by atoms with van der Waals surface area (Å²) in [6.45, 7) is 2.27. The second-order valence-corrected chi connectivity index (χ2v) is 5.11. The van der Waals surface area contributed by atoms with E-state index in [1.165, 1.54) is 25.7 Å². The Kier molecular flexibility index (Phi) is 3.89. The summed E-state index contributed by atoms with van der Waals surface area (Å²) in [5, 5.41) is 11.4. The number of hydrogen-bond donors (Lipinski definition) is 2. The molecule has 0 aromatic carbocycles. The van der Waals surface area contributed by atoms with Crippen molar-refractivity contribution in [2.45, 2.75) is 38.6 Å². The van der Waals surface area contributed by atoms with E-state index in [0.29, 0.717) is 16.9 Å². The van der Waals surface area contributed by atoms with Crippen molar-refractivity contribution >= 4 is 23.0 Å². The number of nitrogens with one attached hydrogen (secondary N) is 1. The first-order chi connectivity index (χ1) is 8.18. The van der Waals surface area contributed by atoms with Gasteiger partial charge in [-0.05, 0) is 24.8 Å². The Morgan fingerprint density at radius 3 is 2.94 bits per heavy atom. The molecule has 4 nitrogen and oxygen atoms in total. The van der Waals surface area contributed by atoms with Crippen LogP contribution in [0.4, 0.5) is 5.82 Å². The molecule has 0 spiro atoms. The van der Waals surface area contributed by atoms with Gasteiger partial charge in [0.25, 0.3) is 0 Å². The number of nitrogens with two attached hydrogens (primary N) is 1. The predicted molar refractivity (Wildman–Crippen MR) is 73.0 cm³/mol. The van der Waals surface area contributed by atoms with Gasteiger partial charge in [0, 0.05) is 6.04 Å². The van der Waals surface area contributed by atoms with Crippen LogP contribution in [0.2, 0.25) is 0 Å². The van der Waals surface area contributed by atoms with Crippen molar-refractivity contribution < 1.29 is 0 Å². The van der Waals surface area contributed by atoms with Crippen LogP contribution in [0.15, 0.2) is 12.3 Å². The third kappa shape index (κ3) is 2.91. The van der Waals surface area contributed by atoms with Gasteiger partial charge in [-0.25, -0.2) is 0 Å². The molecule has 1 aromatic rings. The van der Waals surface area contributed by atoms with Crippen molar-refractivity contribution in [1.82, 2.24) is 10.2 Å². The Hall–Kier alpha value is -1.23. The molecule has 1 aliphatic rings. The molecule has 0 bridgehead atoms. The van der Waals surface area contributed by atoms with Crippen molar-refractivity contribution in [2.75, 3.05) is 5.32 Å². The van der Waals surface area contributed by atoms with Crippen LogP contribution in [-0.2, 0) is 0 Å². The Balaban J connectivity index is 2.14. The molecule has 1 aliphatic carbocycles. The monoisotopic (exact) mass is 250 g/mol. The summed E-state index contributed by atoms with van der Waals surface area (Å²) < 4.78 is 0. The number of thiocarbonyl (C=S) groups is 1. The van der Waals surface area contributed by atoms with E-state index in [4.69, 9.17) is 18.0 Å². The summed E-state index contributed by atoms with van der Waals surface area (Å²) in [6, 6.07) is 2.26. The van der Waals surface area contributed by atoms with Crippen LogP contribution in [0, 0.1) is 5.92 Å². The third-order valence-electron chi connectivity index (χ3n) is 3.42. The van der Waals surface area contributed by atoms with E-state index in [1.807, 2.05) is 6.07 Å². The Labute approximate surface area is 107 Å². The fourth-order valence-corrected chi connectivity index (χ4v) is 2.51. The van der Waals surface area contributed by atoms with E-state index < -0.39 is 0 Å². The van der Waals surface area contributed by atoms with Gasteiger partial charge in [-0.1, -0.05) is 32.0 Å². The molecule has 0 amide bonds. The molecule has 2 rings (SSSR count). The van der Waals surface area contributed by atoms with Crippen LogP contribution in [-0.4, -0.2) is 21.2 Å². The molecule has 1 saturated carbocycles. The molecule has 0 aliphatic heterocycles. The lowest BCUT2D eigenvalue weighted by Crippen LogP contribution is -2.31. The predicted octanol–water partition coefficient (Wildman–Crippen LogP) is 2.10. The molecule has 1 aromatic heterocycles. The number of nitrogens with zero attached hydrogens (tertiary/aromatic N) is 2. The molecule has 0 radical (unpaired) electrons. The van der Waals surface area contributed by atoms with Crippen LogP contribution >= 0.6 is 12.2 Å². The zero-order chi connectivity index (χ0) is 12.3. The molecular formula is C12H18N4S. The van der Waals surface area contributed by atoms with Crippen molar-refractivity contribution in [3.8, 4) is 0 Å². The summed E-state index contributed by atoms with van der Waals surface area (Å²) in [5.41, 5.74) is 6.46. The molecule has 0 saturated heterocycles. The van der Waals surface area contributed by atoms with Gasteiger partial charge < -0.3 is 11.1 Å². The number of rotatable bonds is 3. The van der Waals surface area contributed by atoms with Crippen molar-refractivity contribution in [3.05, 3.63) is 17.8 Å². The third-order valence-corrected chi connectivity index (χ3v) is 3.64. The van der Waals surface area contributed by atoms with Gasteiger partial charge in [0.1, 0.15) is 4.99 Å². The van der Waals surface area contributed by atoms with E-state index in [1.54, 1.807) is 6.20 Å². The smallest absolute Gasteiger partial charge is 0.159 e. The molecule has 5 heteroatoms. The first-order valence-electron chi connectivity index (χ1n) is 6.06. The first-order valence-corrected chi connectivity index (χ1v) is 6.47. The van der Waals surface area contributed by atoms with Gasteiger partial charge in [0.05, 0.1) is 11.8 Å². The maximum Gasteiger partial charge on any atom is 0.159 e. The van der Waals surface area contributed by atoms with Crippen molar-refractivity contribution in [1.29, 1.82) is 0 Å². The van der Waals surface area contributed by atoms with E-state index >= 15 is 0 Å². The Bertz CT molecular complexity index is 407. The molecule has 2 unspecified atom stereocenters. The normalized spacial score (nSPS) is 24.3. The van der Waals surface area contributed by atoms with Crippen molar-refractivity contribution in [2.24, 2.45) is 11.7 Å². The highest BCUT2D eigenvalue weighted by Crippen LogP contribution is 2.26. The summed E-state index contributed by atoms with van der Waals surface area (Å²) in [7, 11) is 0. The fraction of sp³-hybridized carbons (Fsp3) is 0.583. The second kappa shape index (κ2) is 5.40.